The van der Waals surface area contributed by atoms with Gasteiger partial charge in [0.15, 0.2) is 0 Å². The van der Waals surface area contributed by atoms with Crippen LogP contribution < -0.4 is 10.2 Å². The molecule has 2 atom stereocenters. The summed E-state index contributed by atoms with van der Waals surface area (Å²) in [7, 11) is 0. The smallest absolute Gasteiger partial charge is 0.230 e. The van der Waals surface area contributed by atoms with Gasteiger partial charge in [-0.2, -0.15) is 0 Å². The van der Waals surface area contributed by atoms with Crippen LogP contribution in [0.5, 0.6) is 0 Å². The molecule has 1 N–H and O–H groups in total. The lowest BCUT2D eigenvalue weighted by Crippen LogP contribution is -2.32. The Morgan fingerprint density at radius 2 is 2.00 bits per heavy atom. The number of nitrogens with zero attached hydrogens (tertiary/aromatic N) is 2. The van der Waals surface area contributed by atoms with Crippen molar-refractivity contribution in [1.82, 2.24) is 4.98 Å². The molecule has 1 fully saturated rings. The fourth-order valence-corrected chi connectivity index (χ4v) is 4.32. The monoisotopic (exact) mass is 377 g/mol. The molecule has 1 aliphatic rings. The molecule has 3 heterocycles. The number of anilines is 2. The van der Waals surface area contributed by atoms with E-state index in [1.807, 2.05) is 48.7 Å². The van der Waals surface area contributed by atoms with Crippen LogP contribution in [0.15, 0.2) is 66.3 Å². The summed E-state index contributed by atoms with van der Waals surface area (Å²) in [6, 6.07) is 15.0. The van der Waals surface area contributed by atoms with Crippen molar-refractivity contribution >= 4 is 34.5 Å². The highest BCUT2D eigenvalue weighted by Gasteiger charge is 2.45. The van der Waals surface area contributed by atoms with Crippen LogP contribution in [0.25, 0.3) is 0 Å². The number of hydrogen-bond donors (Lipinski definition) is 1. The second-order valence-corrected chi connectivity index (χ2v) is 7.58. The van der Waals surface area contributed by atoms with Gasteiger partial charge in [0.1, 0.15) is 0 Å². The number of amides is 2. The Morgan fingerprint density at radius 1 is 1.19 bits per heavy atom. The van der Waals surface area contributed by atoms with E-state index in [2.05, 4.69) is 10.3 Å². The fraction of sp³-hybridized carbons (Fsp3) is 0.190. The van der Waals surface area contributed by atoms with Gasteiger partial charge in [0.25, 0.3) is 0 Å². The van der Waals surface area contributed by atoms with Gasteiger partial charge in [-0.1, -0.05) is 23.8 Å². The molecule has 4 rings (SSSR count). The van der Waals surface area contributed by atoms with Gasteiger partial charge in [-0.3, -0.25) is 14.6 Å². The maximum absolute atomic E-state index is 13.0. The molecule has 1 aliphatic heterocycles. The molecule has 1 saturated heterocycles. The lowest BCUT2D eigenvalue weighted by atomic mass is 9.97. The maximum Gasteiger partial charge on any atom is 0.230 e. The number of benzene rings is 1. The summed E-state index contributed by atoms with van der Waals surface area (Å²) in [5, 5.41) is 4.88. The van der Waals surface area contributed by atoms with Crippen molar-refractivity contribution in [2.45, 2.75) is 19.4 Å². The van der Waals surface area contributed by atoms with E-state index >= 15 is 0 Å². The Bertz CT molecular complexity index is 939. The van der Waals surface area contributed by atoms with Gasteiger partial charge in [-0.25, -0.2) is 0 Å². The Kier molecular flexibility index (Phi) is 4.73. The Hall–Kier alpha value is -2.99. The highest BCUT2D eigenvalue weighted by Crippen LogP contribution is 2.43. The Balaban J connectivity index is 1.68. The molecule has 3 aromatic rings. The second kappa shape index (κ2) is 7.32. The summed E-state index contributed by atoms with van der Waals surface area (Å²) in [5.41, 5.74) is 2.58. The van der Waals surface area contributed by atoms with Gasteiger partial charge in [0, 0.05) is 23.2 Å². The zero-order valence-electron chi connectivity index (χ0n) is 14.8. The Labute approximate surface area is 161 Å². The number of hydrogen-bond acceptors (Lipinski definition) is 4. The van der Waals surface area contributed by atoms with Crippen LogP contribution in [0.3, 0.4) is 0 Å². The van der Waals surface area contributed by atoms with Crippen molar-refractivity contribution in [3.63, 3.8) is 0 Å². The highest BCUT2D eigenvalue weighted by molar-refractivity contribution is 7.10. The van der Waals surface area contributed by atoms with Crippen LogP contribution in [-0.2, 0) is 9.59 Å². The van der Waals surface area contributed by atoms with Crippen molar-refractivity contribution in [3.05, 3.63) is 76.7 Å². The zero-order chi connectivity index (χ0) is 18.8. The highest BCUT2D eigenvalue weighted by atomic mass is 32.1. The van der Waals surface area contributed by atoms with Crippen LogP contribution in [0.1, 0.15) is 22.9 Å². The van der Waals surface area contributed by atoms with E-state index in [1.165, 1.54) is 0 Å². The molecule has 0 bridgehead atoms. The van der Waals surface area contributed by atoms with Gasteiger partial charge in [0.2, 0.25) is 11.8 Å². The molecule has 6 heteroatoms. The molecule has 5 nitrogen and oxygen atoms in total. The topological polar surface area (TPSA) is 62.3 Å². The molecule has 0 spiro atoms. The van der Waals surface area contributed by atoms with Gasteiger partial charge < -0.3 is 10.2 Å². The summed E-state index contributed by atoms with van der Waals surface area (Å²) in [5.74, 6) is -0.661. The SMILES string of the molecule is Cc1ccc(N2C(=O)C[C@H](C(=O)Nc3cccnc3)[C@@H]2c2cccs2)cc1. The number of aryl methyl sites for hydroxylation is 1. The lowest BCUT2D eigenvalue weighted by molar-refractivity contribution is -0.122. The van der Waals surface area contributed by atoms with Gasteiger partial charge >= 0.3 is 0 Å². The number of carbonyl (C=O) groups excluding carboxylic acids is 2. The molecule has 27 heavy (non-hydrogen) atoms. The number of carbonyl (C=O) groups is 2. The van der Waals surface area contributed by atoms with Crippen LogP contribution >= 0.6 is 11.3 Å². The average molecular weight is 377 g/mol. The molecule has 2 amide bonds. The van der Waals surface area contributed by atoms with Crippen molar-refractivity contribution in [3.8, 4) is 0 Å². The molecule has 0 unspecified atom stereocenters. The largest absolute Gasteiger partial charge is 0.324 e. The first-order valence-electron chi connectivity index (χ1n) is 8.76. The standard InChI is InChI=1S/C21H19N3O2S/c1-14-6-8-16(9-7-14)24-19(25)12-17(20(24)18-5-3-11-27-18)21(26)23-15-4-2-10-22-13-15/h2-11,13,17,20H,12H2,1H3,(H,23,26)/t17-,20+/m0/s1. The number of aromatic nitrogens is 1. The third kappa shape index (κ3) is 3.48. The van der Waals surface area contributed by atoms with Crippen molar-refractivity contribution < 1.29 is 9.59 Å². The van der Waals surface area contributed by atoms with Crippen molar-refractivity contribution in [1.29, 1.82) is 0 Å². The van der Waals surface area contributed by atoms with E-state index in [4.69, 9.17) is 0 Å². The van der Waals surface area contributed by atoms with E-state index in [9.17, 15) is 9.59 Å². The van der Waals surface area contributed by atoms with Crippen LogP contribution in [0.4, 0.5) is 11.4 Å². The van der Waals surface area contributed by atoms with Crippen LogP contribution in [0, 0.1) is 12.8 Å². The summed E-state index contributed by atoms with van der Waals surface area (Å²) in [6.45, 7) is 2.01. The van der Waals surface area contributed by atoms with Crippen LogP contribution in [0.2, 0.25) is 0 Å². The summed E-state index contributed by atoms with van der Waals surface area (Å²) >= 11 is 1.57. The van der Waals surface area contributed by atoms with Gasteiger partial charge in [-0.15, -0.1) is 11.3 Å². The number of nitrogens with one attached hydrogen (secondary N) is 1. The zero-order valence-corrected chi connectivity index (χ0v) is 15.6. The molecule has 0 aliphatic carbocycles. The number of rotatable bonds is 4. The minimum atomic E-state index is -0.461. The average Bonchev–Trinajstić information content (AvgIpc) is 3.31. The first kappa shape index (κ1) is 17.4. The predicted octanol–water partition coefficient (Wildman–Crippen LogP) is 4.18. The molecule has 2 aromatic heterocycles. The minimum absolute atomic E-state index is 0.0383. The molecule has 0 radical (unpaired) electrons. The molecule has 0 saturated carbocycles. The van der Waals surface area contributed by atoms with Gasteiger partial charge in [0.05, 0.1) is 23.8 Å². The summed E-state index contributed by atoms with van der Waals surface area (Å²) in [6.07, 6.45) is 3.44. The van der Waals surface area contributed by atoms with E-state index in [1.54, 1.807) is 40.8 Å². The third-order valence-electron chi connectivity index (χ3n) is 4.74. The first-order chi connectivity index (χ1) is 13.1. The maximum atomic E-state index is 13.0. The molecule has 136 valence electrons. The summed E-state index contributed by atoms with van der Waals surface area (Å²) in [4.78, 5) is 32.7. The second-order valence-electron chi connectivity index (χ2n) is 6.60. The fourth-order valence-electron chi connectivity index (χ4n) is 3.44. The van der Waals surface area contributed by atoms with Crippen molar-refractivity contribution in [2.75, 3.05) is 10.2 Å². The normalized spacial score (nSPS) is 19.3. The predicted molar refractivity (Wildman–Crippen MR) is 107 cm³/mol. The van der Waals surface area contributed by atoms with E-state index in [-0.39, 0.29) is 24.3 Å². The molecule has 1 aromatic carbocycles. The third-order valence-corrected chi connectivity index (χ3v) is 5.68. The Morgan fingerprint density at radius 3 is 2.67 bits per heavy atom. The van der Waals surface area contributed by atoms with Crippen LogP contribution in [-0.4, -0.2) is 16.8 Å². The lowest BCUT2D eigenvalue weighted by Gasteiger charge is -2.27. The van der Waals surface area contributed by atoms with Gasteiger partial charge in [-0.05, 0) is 42.6 Å². The summed E-state index contributed by atoms with van der Waals surface area (Å²) < 4.78 is 0. The number of thiophene rings is 1. The van der Waals surface area contributed by atoms with Crippen molar-refractivity contribution in [2.24, 2.45) is 5.92 Å². The number of pyridine rings is 1. The van der Waals surface area contributed by atoms with E-state index < -0.39 is 5.92 Å². The quantitative estimate of drug-likeness (QED) is 0.742. The van der Waals surface area contributed by atoms with E-state index in [0.29, 0.717) is 5.69 Å². The van der Waals surface area contributed by atoms with E-state index in [0.717, 1.165) is 16.1 Å². The molecular formula is C21H19N3O2S. The molecular weight excluding hydrogens is 358 g/mol. The first-order valence-corrected chi connectivity index (χ1v) is 9.64. The minimum Gasteiger partial charge on any atom is -0.324 e.